The van der Waals surface area contributed by atoms with Gasteiger partial charge in [-0.25, -0.2) is 14.0 Å². The van der Waals surface area contributed by atoms with Gasteiger partial charge in [-0.2, -0.15) is 0 Å². The lowest BCUT2D eigenvalue weighted by molar-refractivity contribution is -0.137. The Bertz CT molecular complexity index is 771. The Kier molecular flexibility index (Phi) is 6.91. The van der Waals surface area contributed by atoms with E-state index in [9.17, 15) is 14.0 Å². The van der Waals surface area contributed by atoms with Crippen LogP contribution in [-0.2, 0) is 9.53 Å². The number of carbonyl (C=O) groups excluding carboxylic acids is 2. The first kappa shape index (κ1) is 19.2. The molecule has 0 bridgehead atoms. The SMILES string of the molecule is CCOC(=O)/C=C\c1ccc(NC(=O)N[C@H](C)c2ccc(F)cc2)cc1. The van der Waals surface area contributed by atoms with Crippen LogP contribution in [0.2, 0.25) is 0 Å². The van der Waals surface area contributed by atoms with Crippen LogP contribution in [0.5, 0.6) is 0 Å². The number of benzene rings is 2. The number of ether oxygens (including phenoxy) is 1. The van der Waals surface area contributed by atoms with E-state index in [-0.39, 0.29) is 17.9 Å². The summed E-state index contributed by atoms with van der Waals surface area (Å²) in [5.41, 5.74) is 2.23. The molecule has 0 fully saturated rings. The molecule has 5 nitrogen and oxygen atoms in total. The molecule has 0 saturated heterocycles. The van der Waals surface area contributed by atoms with E-state index in [0.717, 1.165) is 11.1 Å². The predicted octanol–water partition coefficient (Wildman–Crippen LogP) is 4.28. The lowest BCUT2D eigenvalue weighted by atomic mass is 10.1. The standard InChI is InChI=1S/C20H21FN2O3/c1-3-26-19(24)13-6-15-4-11-18(12-5-15)23-20(25)22-14(2)16-7-9-17(21)10-8-16/h4-14H,3H2,1-2H3,(H2,22,23,25)/b13-6-/t14-/m1/s1. The summed E-state index contributed by atoms with van der Waals surface area (Å²) in [6.07, 6.45) is 2.99. The Balaban J connectivity index is 1.88. The molecule has 2 N–H and O–H groups in total. The fourth-order valence-electron chi connectivity index (χ4n) is 2.23. The molecule has 2 aromatic carbocycles. The van der Waals surface area contributed by atoms with E-state index < -0.39 is 5.97 Å². The minimum atomic E-state index is -0.399. The van der Waals surface area contributed by atoms with Gasteiger partial charge in [0.15, 0.2) is 0 Å². The Labute approximate surface area is 151 Å². The topological polar surface area (TPSA) is 67.4 Å². The van der Waals surface area contributed by atoms with Gasteiger partial charge in [-0.15, -0.1) is 0 Å². The molecule has 0 radical (unpaired) electrons. The molecule has 0 aromatic heterocycles. The highest BCUT2D eigenvalue weighted by molar-refractivity contribution is 5.90. The predicted molar refractivity (Wildman–Crippen MR) is 99.1 cm³/mol. The summed E-state index contributed by atoms with van der Waals surface area (Å²) in [5, 5.41) is 5.51. The monoisotopic (exact) mass is 356 g/mol. The normalized spacial score (nSPS) is 11.8. The number of rotatable bonds is 6. The van der Waals surface area contributed by atoms with Crippen molar-refractivity contribution in [1.29, 1.82) is 0 Å². The number of nitrogens with one attached hydrogen (secondary N) is 2. The van der Waals surface area contributed by atoms with Crippen LogP contribution in [-0.4, -0.2) is 18.6 Å². The Morgan fingerprint density at radius 2 is 1.77 bits per heavy atom. The number of urea groups is 1. The van der Waals surface area contributed by atoms with E-state index in [2.05, 4.69) is 10.6 Å². The number of anilines is 1. The molecule has 6 heteroatoms. The van der Waals surface area contributed by atoms with Gasteiger partial charge in [0.1, 0.15) is 5.82 Å². The number of hydrogen-bond acceptors (Lipinski definition) is 3. The molecule has 2 aromatic rings. The number of amides is 2. The van der Waals surface area contributed by atoms with E-state index in [1.165, 1.54) is 18.2 Å². The number of hydrogen-bond donors (Lipinski definition) is 2. The average molecular weight is 356 g/mol. The summed E-state index contributed by atoms with van der Waals surface area (Å²) in [4.78, 5) is 23.3. The first-order chi connectivity index (χ1) is 12.5. The first-order valence-corrected chi connectivity index (χ1v) is 8.26. The number of carbonyl (C=O) groups is 2. The third-order valence-corrected chi connectivity index (χ3v) is 3.58. The average Bonchev–Trinajstić information content (AvgIpc) is 2.62. The van der Waals surface area contributed by atoms with Crippen LogP contribution in [0.15, 0.2) is 54.6 Å². The van der Waals surface area contributed by atoms with E-state index in [1.54, 1.807) is 49.4 Å². The van der Waals surface area contributed by atoms with Crippen LogP contribution in [0, 0.1) is 5.82 Å². The highest BCUT2D eigenvalue weighted by Crippen LogP contribution is 2.14. The number of esters is 1. The maximum absolute atomic E-state index is 12.9. The summed E-state index contributed by atoms with van der Waals surface area (Å²) in [6, 6.07) is 12.3. The summed E-state index contributed by atoms with van der Waals surface area (Å²) in [6.45, 7) is 3.89. The third kappa shape index (κ3) is 6.05. The minimum Gasteiger partial charge on any atom is -0.463 e. The van der Waals surface area contributed by atoms with E-state index >= 15 is 0 Å². The smallest absolute Gasteiger partial charge is 0.330 e. The summed E-state index contributed by atoms with van der Waals surface area (Å²) < 4.78 is 17.7. The molecule has 0 aliphatic heterocycles. The fourth-order valence-corrected chi connectivity index (χ4v) is 2.23. The molecule has 0 saturated carbocycles. The second kappa shape index (κ2) is 9.36. The third-order valence-electron chi connectivity index (χ3n) is 3.58. The van der Waals surface area contributed by atoms with E-state index in [1.807, 2.05) is 6.92 Å². The Morgan fingerprint density at radius 3 is 2.38 bits per heavy atom. The molecule has 0 unspecified atom stereocenters. The molecule has 136 valence electrons. The molecule has 1 atom stereocenters. The van der Waals surface area contributed by atoms with E-state index in [0.29, 0.717) is 12.3 Å². The zero-order chi connectivity index (χ0) is 18.9. The molecule has 0 aliphatic carbocycles. The van der Waals surface area contributed by atoms with Gasteiger partial charge in [0, 0.05) is 11.8 Å². The first-order valence-electron chi connectivity index (χ1n) is 8.26. The van der Waals surface area contributed by atoms with Gasteiger partial charge >= 0.3 is 12.0 Å². The van der Waals surface area contributed by atoms with Gasteiger partial charge in [-0.05, 0) is 55.3 Å². The van der Waals surface area contributed by atoms with Crippen molar-refractivity contribution in [3.05, 3.63) is 71.6 Å². The van der Waals surface area contributed by atoms with Gasteiger partial charge < -0.3 is 15.4 Å². The Hall–Kier alpha value is -3.15. The van der Waals surface area contributed by atoms with Crippen molar-refractivity contribution in [3.63, 3.8) is 0 Å². The molecule has 2 amide bonds. The largest absolute Gasteiger partial charge is 0.463 e. The zero-order valence-electron chi connectivity index (χ0n) is 14.7. The number of halogens is 1. The van der Waals surface area contributed by atoms with Crippen LogP contribution in [0.25, 0.3) is 6.08 Å². The summed E-state index contributed by atoms with van der Waals surface area (Å²) in [5.74, 6) is -0.716. The van der Waals surface area contributed by atoms with Gasteiger partial charge in [0.25, 0.3) is 0 Å². The molecule has 26 heavy (non-hydrogen) atoms. The second-order valence-electron chi connectivity index (χ2n) is 5.58. The van der Waals surface area contributed by atoms with Crippen molar-refractivity contribution in [2.24, 2.45) is 0 Å². The van der Waals surface area contributed by atoms with Gasteiger partial charge in [0.05, 0.1) is 12.6 Å². The minimum absolute atomic E-state index is 0.262. The molecule has 0 heterocycles. The van der Waals surface area contributed by atoms with Crippen molar-refractivity contribution in [2.75, 3.05) is 11.9 Å². The maximum atomic E-state index is 12.9. The fraction of sp³-hybridized carbons (Fsp3) is 0.200. The van der Waals surface area contributed by atoms with Crippen LogP contribution in [0.4, 0.5) is 14.9 Å². The highest BCUT2D eigenvalue weighted by atomic mass is 19.1. The van der Waals surface area contributed by atoms with Gasteiger partial charge in [0.2, 0.25) is 0 Å². The molecular formula is C20H21FN2O3. The van der Waals surface area contributed by atoms with Crippen LogP contribution in [0.1, 0.15) is 31.0 Å². The van der Waals surface area contributed by atoms with Crippen LogP contribution in [0.3, 0.4) is 0 Å². The lowest BCUT2D eigenvalue weighted by Crippen LogP contribution is -2.31. The Morgan fingerprint density at radius 1 is 1.12 bits per heavy atom. The van der Waals surface area contributed by atoms with E-state index in [4.69, 9.17) is 4.74 Å². The molecule has 0 spiro atoms. The molecular weight excluding hydrogens is 335 g/mol. The van der Waals surface area contributed by atoms with Crippen molar-refractivity contribution in [2.45, 2.75) is 19.9 Å². The van der Waals surface area contributed by atoms with Gasteiger partial charge in [-0.1, -0.05) is 24.3 Å². The van der Waals surface area contributed by atoms with Crippen molar-refractivity contribution >= 4 is 23.8 Å². The van der Waals surface area contributed by atoms with Crippen LogP contribution < -0.4 is 10.6 Å². The molecule has 0 aliphatic rings. The quantitative estimate of drug-likeness (QED) is 0.599. The zero-order valence-corrected chi connectivity index (χ0v) is 14.7. The highest BCUT2D eigenvalue weighted by Gasteiger charge is 2.09. The summed E-state index contributed by atoms with van der Waals surface area (Å²) in [7, 11) is 0. The van der Waals surface area contributed by atoms with Gasteiger partial charge in [-0.3, -0.25) is 0 Å². The van der Waals surface area contributed by atoms with Crippen molar-refractivity contribution in [1.82, 2.24) is 5.32 Å². The molecule has 2 rings (SSSR count). The van der Waals surface area contributed by atoms with Crippen LogP contribution >= 0.6 is 0 Å². The van der Waals surface area contributed by atoms with Crippen molar-refractivity contribution < 1.29 is 18.7 Å². The lowest BCUT2D eigenvalue weighted by Gasteiger charge is -2.15. The van der Waals surface area contributed by atoms with Crippen molar-refractivity contribution in [3.8, 4) is 0 Å². The second-order valence-corrected chi connectivity index (χ2v) is 5.58. The summed E-state index contributed by atoms with van der Waals surface area (Å²) >= 11 is 0. The maximum Gasteiger partial charge on any atom is 0.330 e.